The first kappa shape index (κ1) is 23.0. The molecule has 4 aromatic rings. The lowest BCUT2D eigenvalue weighted by Crippen LogP contribution is -2.41. The summed E-state index contributed by atoms with van der Waals surface area (Å²) >= 11 is 0. The fourth-order valence-electron chi connectivity index (χ4n) is 3.80. The molecule has 0 unspecified atom stereocenters. The first-order chi connectivity index (χ1) is 17.7. The fraction of sp³-hybridized carbons (Fsp3) is 0.103. The highest BCUT2D eigenvalue weighted by Gasteiger charge is 2.16. The molecule has 0 spiro atoms. The van der Waals surface area contributed by atoms with Crippen molar-refractivity contribution < 1.29 is 23.8 Å². The minimum atomic E-state index is -0.456. The van der Waals surface area contributed by atoms with Crippen LogP contribution in [-0.4, -0.2) is 25.0 Å². The second kappa shape index (κ2) is 10.7. The number of carbonyl (C=O) groups is 2. The maximum absolute atomic E-state index is 12.5. The van der Waals surface area contributed by atoms with Crippen molar-refractivity contribution in [2.75, 3.05) is 13.2 Å². The summed E-state index contributed by atoms with van der Waals surface area (Å²) in [5.74, 6) is 0.997. The Kier molecular flexibility index (Phi) is 6.80. The van der Waals surface area contributed by atoms with Crippen LogP contribution in [0.3, 0.4) is 0 Å². The quantitative estimate of drug-likeness (QED) is 0.388. The summed E-state index contributed by atoms with van der Waals surface area (Å²) in [7, 11) is 0. The molecule has 0 saturated carbocycles. The van der Waals surface area contributed by atoms with E-state index in [9.17, 15) is 9.59 Å². The number of hydrogen-bond donors (Lipinski definition) is 2. The van der Waals surface area contributed by atoms with E-state index in [0.717, 1.165) is 22.4 Å². The lowest BCUT2D eigenvalue weighted by molar-refractivity contribution is 0.0846. The molecule has 2 N–H and O–H groups in total. The molecule has 180 valence electrons. The molecule has 0 saturated heterocycles. The molecule has 7 heteroatoms. The van der Waals surface area contributed by atoms with Gasteiger partial charge in [0.25, 0.3) is 11.8 Å². The minimum Gasteiger partial charge on any atom is -0.488 e. The number of nitrogens with one attached hydrogen (secondary N) is 2. The van der Waals surface area contributed by atoms with Gasteiger partial charge in [0.1, 0.15) is 25.6 Å². The Morgan fingerprint density at radius 3 is 2.11 bits per heavy atom. The lowest BCUT2D eigenvalue weighted by Gasteiger charge is -2.18. The maximum Gasteiger partial charge on any atom is 0.269 e. The predicted octanol–water partition coefficient (Wildman–Crippen LogP) is 4.78. The van der Waals surface area contributed by atoms with Crippen molar-refractivity contribution in [2.45, 2.75) is 6.61 Å². The van der Waals surface area contributed by atoms with E-state index in [1.54, 1.807) is 30.3 Å². The van der Waals surface area contributed by atoms with Crippen LogP contribution < -0.4 is 25.1 Å². The van der Waals surface area contributed by atoms with Crippen molar-refractivity contribution in [3.05, 3.63) is 114 Å². The van der Waals surface area contributed by atoms with Gasteiger partial charge in [-0.25, -0.2) is 0 Å². The molecule has 5 rings (SSSR count). The molecule has 2 amide bonds. The average molecular weight is 481 g/mol. The van der Waals surface area contributed by atoms with E-state index in [4.69, 9.17) is 14.2 Å². The van der Waals surface area contributed by atoms with Crippen molar-refractivity contribution in [1.29, 1.82) is 0 Å². The fourth-order valence-corrected chi connectivity index (χ4v) is 3.80. The first-order valence-electron chi connectivity index (χ1n) is 11.5. The second-order valence-electron chi connectivity index (χ2n) is 8.11. The molecular formula is C29H24N2O5. The van der Waals surface area contributed by atoms with Gasteiger partial charge in [-0.05, 0) is 47.5 Å². The highest BCUT2D eigenvalue weighted by molar-refractivity contribution is 5.99. The van der Waals surface area contributed by atoms with Gasteiger partial charge in [0.2, 0.25) is 0 Å². The molecule has 0 atom stereocenters. The lowest BCUT2D eigenvalue weighted by atomic mass is 10.0. The maximum atomic E-state index is 12.5. The van der Waals surface area contributed by atoms with E-state index < -0.39 is 11.8 Å². The topological polar surface area (TPSA) is 85.9 Å². The molecule has 4 aromatic carbocycles. The number of amides is 2. The Hall–Kier alpha value is -4.78. The summed E-state index contributed by atoms with van der Waals surface area (Å²) in [6.07, 6.45) is 0. The zero-order valence-electron chi connectivity index (χ0n) is 19.4. The number of benzene rings is 4. The van der Waals surface area contributed by atoms with Gasteiger partial charge in [-0.15, -0.1) is 0 Å². The van der Waals surface area contributed by atoms with Gasteiger partial charge in [-0.1, -0.05) is 60.7 Å². The number of fused-ring (bicyclic) bond motifs is 1. The van der Waals surface area contributed by atoms with Crippen LogP contribution in [0.15, 0.2) is 97.1 Å². The number of para-hydroxylation sites is 1. The van der Waals surface area contributed by atoms with Crippen LogP contribution in [0.1, 0.15) is 26.3 Å². The molecule has 0 bridgehead atoms. The number of carbonyl (C=O) groups excluding carboxylic acids is 2. The van der Waals surface area contributed by atoms with Gasteiger partial charge >= 0.3 is 0 Å². The third-order valence-electron chi connectivity index (χ3n) is 5.68. The van der Waals surface area contributed by atoms with Crippen molar-refractivity contribution in [3.8, 4) is 28.4 Å². The average Bonchev–Trinajstić information content (AvgIpc) is 2.95. The van der Waals surface area contributed by atoms with Crippen LogP contribution in [0.4, 0.5) is 0 Å². The van der Waals surface area contributed by atoms with Crippen molar-refractivity contribution in [1.82, 2.24) is 10.9 Å². The van der Waals surface area contributed by atoms with Crippen LogP contribution in [0.25, 0.3) is 11.1 Å². The summed E-state index contributed by atoms with van der Waals surface area (Å²) < 4.78 is 17.0. The summed E-state index contributed by atoms with van der Waals surface area (Å²) in [5, 5.41) is 0. The van der Waals surface area contributed by atoms with Crippen molar-refractivity contribution >= 4 is 11.8 Å². The van der Waals surface area contributed by atoms with Gasteiger partial charge in [0.05, 0.1) is 0 Å². The van der Waals surface area contributed by atoms with E-state index in [1.165, 1.54) is 0 Å². The summed E-state index contributed by atoms with van der Waals surface area (Å²) in [6, 6.07) is 29.8. The molecule has 1 heterocycles. The van der Waals surface area contributed by atoms with Crippen LogP contribution in [0, 0.1) is 0 Å². The molecule has 1 aliphatic heterocycles. The van der Waals surface area contributed by atoms with E-state index in [2.05, 4.69) is 10.9 Å². The molecule has 0 radical (unpaired) electrons. The van der Waals surface area contributed by atoms with E-state index in [1.807, 2.05) is 66.7 Å². The standard InChI is InChI=1S/C29H24N2O5/c32-28(30-31-29(33)23-14-15-26-27(18-23)35-17-16-34-26)22-12-10-20(11-13-22)19-36-25-9-5-4-8-24(25)21-6-2-1-3-7-21/h1-15,18H,16-17,19H2,(H,30,32)(H,31,33). The highest BCUT2D eigenvalue weighted by Crippen LogP contribution is 2.31. The van der Waals surface area contributed by atoms with E-state index >= 15 is 0 Å². The summed E-state index contributed by atoms with van der Waals surface area (Å²) in [4.78, 5) is 24.9. The first-order valence-corrected chi connectivity index (χ1v) is 11.5. The Morgan fingerprint density at radius 1 is 0.694 bits per heavy atom. The second-order valence-corrected chi connectivity index (χ2v) is 8.11. The Morgan fingerprint density at radius 2 is 1.33 bits per heavy atom. The summed E-state index contributed by atoms with van der Waals surface area (Å²) in [6.45, 7) is 1.25. The largest absolute Gasteiger partial charge is 0.488 e. The van der Waals surface area contributed by atoms with Crippen LogP contribution in [-0.2, 0) is 6.61 Å². The smallest absolute Gasteiger partial charge is 0.269 e. The SMILES string of the molecule is O=C(NNC(=O)c1ccc2c(c1)OCCO2)c1ccc(COc2ccccc2-c2ccccc2)cc1. The van der Waals surface area contributed by atoms with Crippen LogP contribution in [0.2, 0.25) is 0 Å². The third kappa shape index (κ3) is 5.31. The highest BCUT2D eigenvalue weighted by atomic mass is 16.6. The van der Waals surface area contributed by atoms with Gasteiger partial charge in [0.15, 0.2) is 11.5 Å². The monoisotopic (exact) mass is 480 g/mol. The molecule has 0 aromatic heterocycles. The van der Waals surface area contributed by atoms with Gasteiger partial charge in [-0.3, -0.25) is 20.4 Å². The van der Waals surface area contributed by atoms with Crippen LogP contribution >= 0.6 is 0 Å². The molecule has 0 aliphatic carbocycles. The molecule has 0 fully saturated rings. The molecule has 7 nitrogen and oxygen atoms in total. The Labute approximate surface area is 208 Å². The Bertz CT molecular complexity index is 1370. The normalized spacial score (nSPS) is 11.9. The van der Waals surface area contributed by atoms with E-state index in [-0.39, 0.29) is 0 Å². The molecule has 1 aliphatic rings. The van der Waals surface area contributed by atoms with Gasteiger partial charge in [0, 0.05) is 16.7 Å². The number of hydrazine groups is 1. The number of ether oxygens (including phenoxy) is 3. The van der Waals surface area contributed by atoms with Crippen LogP contribution in [0.5, 0.6) is 17.2 Å². The Balaban J connectivity index is 1.16. The number of hydrogen-bond acceptors (Lipinski definition) is 5. The predicted molar refractivity (Wildman–Crippen MR) is 135 cm³/mol. The number of rotatable bonds is 6. The van der Waals surface area contributed by atoms with Crippen molar-refractivity contribution in [3.63, 3.8) is 0 Å². The zero-order valence-corrected chi connectivity index (χ0v) is 19.4. The van der Waals surface area contributed by atoms with Crippen molar-refractivity contribution in [2.24, 2.45) is 0 Å². The third-order valence-corrected chi connectivity index (χ3v) is 5.68. The van der Waals surface area contributed by atoms with Gasteiger partial charge in [-0.2, -0.15) is 0 Å². The van der Waals surface area contributed by atoms with Gasteiger partial charge < -0.3 is 14.2 Å². The molecular weight excluding hydrogens is 456 g/mol. The molecule has 36 heavy (non-hydrogen) atoms. The summed E-state index contributed by atoms with van der Waals surface area (Å²) in [5.41, 5.74) is 8.63. The zero-order chi connectivity index (χ0) is 24.7. The van der Waals surface area contributed by atoms with E-state index in [0.29, 0.717) is 42.4 Å². The minimum absolute atomic E-state index is 0.350.